The summed E-state index contributed by atoms with van der Waals surface area (Å²) >= 11 is -1.33. The molecule has 0 fully saturated rings. The Labute approximate surface area is 172 Å². The number of ether oxygens (including phenoxy) is 1. The summed E-state index contributed by atoms with van der Waals surface area (Å²) in [5.74, 6) is 0. The van der Waals surface area contributed by atoms with Crippen molar-refractivity contribution >= 4 is 61.0 Å². The molecule has 1 aliphatic heterocycles. The van der Waals surface area contributed by atoms with Gasteiger partial charge in [-0.25, -0.2) is 0 Å². The molecule has 3 aliphatic rings. The van der Waals surface area contributed by atoms with Crippen molar-refractivity contribution in [1.29, 1.82) is 0 Å². The van der Waals surface area contributed by atoms with Crippen LogP contribution in [0.5, 0.6) is 0 Å². The van der Waals surface area contributed by atoms with Gasteiger partial charge in [0, 0.05) is 0 Å². The van der Waals surface area contributed by atoms with Gasteiger partial charge in [0.1, 0.15) is 0 Å². The molecule has 2 aliphatic carbocycles. The van der Waals surface area contributed by atoms with Crippen LogP contribution in [-0.2, 0) is 26.1 Å². The molecule has 0 saturated carbocycles. The first-order valence-corrected chi connectivity index (χ1v) is 21.7. The summed E-state index contributed by atoms with van der Waals surface area (Å²) in [5.41, 5.74) is 5.68. The second-order valence-electron chi connectivity index (χ2n) is 6.85. The monoisotopic (exact) mass is 541 g/mol. The Morgan fingerprint density at radius 3 is 2.58 bits per heavy atom. The van der Waals surface area contributed by atoms with E-state index in [1.54, 1.807) is 0 Å². The number of hydrogen-bond acceptors (Lipinski definition) is 2. The summed E-state index contributed by atoms with van der Waals surface area (Å²) in [6, 6.07) is 12.3. The van der Waals surface area contributed by atoms with Gasteiger partial charge in [0.2, 0.25) is 0 Å². The van der Waals surface area contributed by atoms with Crippen LogP contribution < -0.4 is 6.54 Å². The standard InChI is InChI=1S/C11H6BrO.C9H7.2ClH.H2S.Zr/c12-10-6-8-5-7-3-1-2-4-9(7)11(8)13-10;1-2-5-9-7-3-6-8(9)4-1;;;;/h1-2,4-6,11H;1-4,7H,6H2;2*1H;1H2;/q;;;;;+3/p-3. The third kappa shape index (κ3) is 2.53. The average molecular weight is 544 g/mol. The molecule has 0 aromatic heterocycles. The molecule has 1 atom stereocenters. The normalized spacial score (nSPS) is 21.2. The first-order chi connectivity index (χ1) is 12.3. The summed E-state index contributed by atoms with van der Waals surface area (Å²) in [4.78, 5) is 0. The third-order valence-corrected chi connectivity index (χ3v) is 20.0. The van der Waals surface area contributed by atoms with E-state index in [9.17, 15) is 0 Å². The second kappa shape index (κ2) is 5.88. The predicted octanol–water partition coefficient (Wildman–Crippen LogP) is 5.75. The SMILES string of the molecule is [SH][Zr]([Cl])([Cl])([c]1cccc2c1C=CC2)[c]1cccc2c1C=C1C=C(Br)OC12. The maximum atomic E-state index is 7.31. The molecule has 0 saturated heterocycles. The fourth-order valence-corrected chi connectivity index (χ4v) is 16.7. The van der Waals surface area contributed by atoms with Gasteiger partial charge in [-0.2, -0.15) is 0 Å². The van der Waals surface area contributed by atoms with E-state index in [1.165, 1.54) is 5.56 Å². The fourth-order valence-electron chi connectivity index (χ4n) is 4.10. The molecular weight excluding hydrogens is 530 g/mol. The zero-order valence-corrected chi connectivity index (χ0v) is 20.0. The van der Waals surface area contributed by atoms with Crippen LogP contribution in [0.3, 0.4) is 0 Å². The van der Waals surface area contributed by atoms with Crippen LogP contribution >= 0.6 is 42.3 Å². The molecule has 26 heavy (non-hydrogen) atoms. The van der Waals surface area contributed by atoms with Crippen LogP contribution in [0, 0.1) is 0 Å². The predicted molar refractivity (Wildman–Crippen MR) is 114 cm³/mol. The van der Waals surface area contributed by atoms with Crippen molar-refractivity contribution in [3.05, 3.63) is 81.0 Å². The minimum absolute atomic E-state index is 0.0898. The van der Waals surface area contributed by atoms with Crippen molar-refractivity contribution in [3.63, 3.8) is 0 Å². The first-order valence-electron chi connectivity index (χ1n) is 8.33. The van der Waals surface area contributed by atoms with Crippen molar-refractivity contribution in [2.45, 2.75) is 12.5 Å². The average Bonchev–Trinajstić information content (AvgIpc) is 3.26. The Morgan fingerprint density at radius 1 is 1.04 bits per heavy atom. The summed E-state index contributed by atoms with van der Waals surface area (Å²) in [5, 5.41) is 0. The number of benzene rings is 2. The van der Waals surface area contributed by atoms with E-state index in [4.69, 9.17) is 31.1 Å². The quantitative estimate of drug-likeness (QED) is 0.474. The molecule has 2 aromatic carbocycles. The molecular formula is C20H14BrCl2OSZr. The number of thiol groups is 1. The third-order valence-electron chi connectivity index (χ3n) is 5.28. The summed E-state index contributed by atoms with van der Waals surface area (Å²) in [6.07, 6.45) is 9.24. The van der Waals surface area contributed by atoms with Crippen molar-refractivity contribution in [2.75, 3.05) is 0 Å². The summed E-state index contributed by atoms with van der Waals surface area (Å²) < 4.78 is 8.60. The van der Waals surface area contributed by atoms with Gasteiger partial charge in [-0.1, -0.05) is 0 Å². The van der Waals surface area contributed by atoms with E-state index in [-0.39, 0.29) is 6.10 Å². The molecule has 0 N–H and O–H groups in total. The van der Waals surface area contributed by atoms with Crippen molar-refractivity contribution in [3.8, 4) is 0 Å². The van der Waals surface area contributed by atoms with Crippen molar-refractivity contribution in [2.24, 2.45) is 0 Å². The molecule has 1 unspecified atom stereocenters. The molecule has 0 amide bonds. The molecule has 0 radical (unpaired) electrons. The zero-order chi connectivity index (χ0) is 18.1. The van der Waals surface area contributed by atoms with Crippen molar-refractivity contribution in [1.82, 2.24) is 0 Å². The Balaban J connectivity index is 1.75. The van der Waals surface area contributed by atoms with Crippen LogP contribution in [-0.4, -0.2) is 0 Å². The number of halogens is 3. The molecule has 6 heteroatoms. The maximum absolute atomic E-state index is 7.31. The molecule has 0 spiro atoms. The van der Waals surface area contributed by atoms with E-state index < -0.39 is 14.9 Å². The number of rotatable bonds is 2. The minimum atomic E-state index is -4.75. The van der Waals surface area contributed by atoms with Gasteiger partial charge in [-0.3, -0.25) is 0 Å². The zero-order valence-electron chi connectivity index (χ0n) is 13.5. The molecule has 5 rings (SSSR count). The molecule has 1 nitrogen and oxygen atoms in total. The molecule has 131 valence electrons. The van der Waals surface area contributed by atoms with Gasteiger partial charge in [0.05, 0.1) is 0 Å². The van der Waals surface area contributed by atoms with E-state index in [1.807, 2.05) is 30.3 Å². The van der Waals surface area contributed by atoms with E-state index in [0.717, 1.165) is 39.9 Å². The molecule has 1 heterocycles. The Kier molecular flexibility index (Phi) is 4.03. The van der Waals surface area contributed by atoms with Crippen LogP contribution in [0.4, 0.5) is 0 Å². The number of fused-ring (bicyclic) bond motifs is 4. The van der Waals surface area contributed by atoms with Gasteiger partial charge in [-0.15, -0.1) is 0 Å². The van der Waals surface area contributed by atoms with Gasteiger partial charge in [-0.05, 0) is 0 Å². The van der Waals surface area contributed by atoms with Crippen LogP contribution in [0.25, 0.3) is 12.2 Å². The summed E-state index contributed by atoms with van der Waals surface area (Å²) in [7, 11) is 19.7. The fraction of sp³-hybridized carbons (Fsp3) is 0.100. The number of hydrogen-bond donors (Lipinski definition) is 1. The topological polar surface area (TPSA) is 9.23 Å². The molecule has 2 aromatic rings. The van der Waals surface area contributed by atoms with E-state index in [2.05, 4.69) is 46.3 Å². The first kappa shape index (κ1) is 17.8. The van der Waals surface area contributed by atoms with Crippen LogP contribution in [0.15, 0.2) is 58.8 Å². The van der Waals surface area contributed by atoms with Crippen LogP contribution in [0.1, 0.15) is 28.4 Å². The van der Waals surface area contributed by atoms with E-state index >= 15 is 0 Å². The summed E-state index contributed by atoms with van der Waals surface area (Å²) in [6.45, 7) is 0. The second-order valence-corrected chi connectivity index (χ2v) is 33.5. The Morgan fingerprint density at radius 2 is 1.77 bits per heavy atom. The van der Waals surface area contributed by atoms with Gasteiger partial charge in [0.15, 0.2) is 0 Å². The van der Waals surface area contributed by atoms with Crippen LogP contribution in [0.2, 0.25) is 0 Å². The van der Waals surface area contributed by atoms with Gasteiger partial charge in [0.25, 0.3) is 0 Å². The Bertz CT molecular complexity index is 1070. The van der Waals surface area contributed by atoms with E-state index in [0.29, 0.717) is 0 Å². The number of allylic oxidation sites excluding steroid dienone is 1. The van der Waals surface area contributed by atoms with Gasteiger partial charge >= 0.3 is 174 Å². The van der Waals surface area contributed by atoms with Gasteiger partial charge < -0.3 is 0 Å². The Hall–Kier alpha value is -0.247. The van der Waals surface area contributed by atoms with Crippen molar-refractivity contribution < 1.29 is 19.7 Å². The molecule has 0 bridgehead atoms.